The van der Waals surface area contributed by atoms with Crippen LogP contribution < -0.4 is 10.6 Å². The van der Waals surface area contributed by atoms with Gasteiger partial charge in [0.25, 0.3) is 0 Å². The number of alkyl carbamates (subject to hydrolysis) is 1. The predicted octanol–water partition coefficient (Wildman–Crippen LogP) is 2.95. The Morgan fingerprint density at radius 1 is 1.24 bits per heavy atom. The van der Waals surface area contributed by atoms with E-state index in [2.05, 4.69) is 21.9 Å². The van der Waals surface area contributed by atoms with Crippen LogP contribution in [0.4, 0.5) is 4.79 Å². The second-order valence-corrected chi connectivity index (χ2v) is 9.27. The van der Waals surface area contributed by atoms with Gasteiger partial charge in [0.15, 0.2) is 0 Å². The molecule has 0 heterocycles. The largest absolute Gasteiger partial charge is 0.468 e. The molecule has 1 aromatic carbocycles. The van der Waals surface area contributed by atoms with Crippen LogP contribution in [0.2, 0.25) is 0 Å². The minimum Gasteiger partial charge on any atom is -0.468 e. The van der Waals surface area contributed by atoms with Crippen LogP contribution in [0.25, 0.3) is 6.08 Å². The third-order valence-electron chi connectivity index (χ3n) is 5.45. The molecule has 2 N–H and O–H groups in total. The minimum absolute atomic E-state index is 0.184. The zero-order valence-corrected chi connectivity index (χ0v) is 20.6. The fourth-order valence-electron chi connectivity index (χ4n) is 3.58. The second-order valence-electron chi connectivity index (χ2n) is 9.27. The van der Waals surface area contributed by atoms with Crippen LogP contribution in [0.1, 0.15) is 64.1 Å². The summed E-state index contributed by atoms with van der Waals surface area (Å²) in [6.45, 7) is 10.2. The molecule has 9 nitrogen and oxygen atoms in total. The molecule has 1 aromatic rings. The Kier molecular flexibility index (Phi) is 9.23. The molecule has 1 fully saturated rings. The van der Waals surface area contributed by atoms with Gasteiger partial charge in [0.1, 0.15) is 24.2 Å². The summed E-state index contributed by atoms with van der Waals surface area (Å²) in [7, 11) is 1.23. The molecule has 1 saturated carbocycles. The van der Waals surface area contributed by atoms with Crippen molar-refractivity contribution in [3.05, 3.63) is 42.0 Å². The lowest BCUT2D eigenvalue weighted by atomic mass is 9.88. The summed E-state index contributed by atoms with van der Waals surface area (Å²) in [5.41, 5.74) is 0.635. The van der Waals surface area contributed by atoms with Crippen molar-refractivity contribution in [2.45, 2.75) is 70.7 Å². The number of rotatable bonds is 9. The van der Waals surface area contributed by atoms with Crippen molar-refractivity contribution >= 4 is 30.0 Å². The van der Waals surface area contributed by atoms with Crippen LogP contribution in [0, 0.1) is 0 Å². The van der Waals surface area contributed by atoms with Gasteiger partial charge in [0, 0.05) is 6.04 Å². The topological polar surface area (TPSA) is 114 Å². The molecule has 0 bridgehead atoms. The molecule has 2 rings (SSSR count). The molecule has 9 heteroatoms. The highest BCUT2D eigenvalue weighted by Gasteiger charge is 2.41. The van der Waals surface area contributed by atoms with E-state index in [4.69, 9.17) is 4.74 Å². The Balaban J connectivity index is 2.39. The smallest absolute Gasteiger partial charge is 0.408 e. The SMILES string of the molecule is C=Cc1cccc(C(C(=O)NCC(=O)OC)N(C(=O)C(C)NC(=O)OC(C)(C)C)C2CCC2)c1. The van der Waals surface area contributed by atoms with Crippen molar-refractivity contribution in [2.24, 2.45) is 0 Å². The van der Waals surface area contributed by atoms with Gasteiger partial charge >= 0.3 is 12.1 Å². The molecular weight excluding hydrogens is 438 g/mol. The van der Waals surface area contributed by atoms with Crippen LogP contribution in [-0.4, -0.2) is 60.1 Å². The number of ether oxygens (including phenoxy) is 2. The Hall–Kier alpha value is -3.36. The normalized spacial score (nSPS) is 15.2. The summed E-state index contributed by atoms with van der Waals surface area (Å²) in [5.74, 6) is -1.54. The second kappa shape index (κ2) is 11.7. The number of methoxy groups -OCH3 is 1. The first-order valence-corrected chi connectivity index (χ1v) is 11.4. The molecule has 186 valence electrons. The minimum atomic E-state index is -1.01. The average molecular weight is 474 g/mol. The summed E-state index contributed by atoms with van der Waals surface area (Å²) in [6.07, 6.45) is 3.31. The van der Waals surface area contributed by atoms with Gasteiger partial charge in [-0.15, -0.1) is 0 Å². The quantitative estimate of drug-likeness (QED) is 0.533. The molecule has 2 unspecified atom stereocenters. The van der Waals surface area contributed by atoms with Gasteiger partial charge in [-0.1, -0.05) is 30.9 Å². The lowest BCUT2D eigenvalue weighted by molar-refractivity contribution is -0.148. The Morgan fingerprint density at radius 2 is 1.91 bits per heavy atom. The van der Waals surface area contributed by atoms with Crippen molar-refractivity contribution < 1.29 is 28.7 Å². The fourth-order valence-corrected chi connectivity index (χ4v) is 3.58. The molecule has 0 aliphatic heterocycles. The third kappa shape index (κ3) is 7.33. The molecule has 1 aliphatic rings. The van der Waals surface area contributed by atoms with Crippen LogP contribution in [0.5, 0.6) is 0 Å². The summed E-state index contributed by atoms with van der Waals surface area (Å²) < 4.78 is 9.90. The van der Waals surface area contributed by atoms with Crippen molar-refractivity contribution in [1.82, 2.24) is 15.5 Å². The van der Waals surface area contributed by atoms with Crippen LogP contribution in [0.15, 0.2) is 30.8 Å². The fraction of sp³-hybridized carbons (Fsp3) is 0.520. The van der Waals surface area contributed by atoms with Crippen molar-refractivity contribution in [3.63, 3.8) is 0 Å². The number of benzene rings is 1. The number of hydrogen-bond donors (Lipinski definition) is 2. The van der Waals surface area contributed by atoms with Gasteiger partial charge in [-0.25, -0.2) is 4.79 Å². The van der Waals surface area contributed by atoms with Gasteiger partial charge in [0.2, 0.25) is 11.8 Å². The summed E-state index contributed by atoms with van der Waals surface area (Å²) in [4.78, 5) is 52.4. The number of hydrogen-bond acceptors (Lipinski definition) is 6. The van der Waals surface area contributed by atoms with E-state index in [1.807, 2.05) is 6.07 Å². The van der Waals surface area contributed by atoms with Gasteiger partial charge in [0.05, 0.1) is 7.11 Å². The van der Waals surface area contributed by atoms with Crippen molar-refractivity contribution in [3.8, 4) is 0 Å². The molecule has 0 spiro atoms. The Bertz CT molecular complexity index is 919. The van der Waals surface area contributed by atoms with E-state index in [-0.39, 0.29) is 12.6 Å². The van der Waals surface area contributed by atoms with Gasteiger partial charge in [-0.2, -0.15) is 0 Å². The zero-order chi connectivity index (χ0) is 25.5. The summed E-state index contributed by atoms with van der Waals surface area (Å²) >= 11 is 0. The summed E-state index contributed by atoms with van der Waals surface area (Å²) in [5, 5.41) is 5.15. The predicted molar refractivity (Wildman–Crippen MR) is 128 cm³/mol. The van der Waals surface area contributed by atoms with Crippen molar-refractivity contribution in [1.29, 1.82) is 0 Å². The Morgan fingerprint density at radius 3 is 2.44 bits per heavy atom. The van der Waals surface area contributed by atoms with E-state index < -0.39 is 41.6 Å². The lowest BCUT2D eigenvalue weighted by Crippen LogP contribution is -2.57. The number of amides is 3. The van der Waals surface area contributed by atoms with E-state index in [9.17, 15) is 19.2 Å². The first-order valence-electron chi connectivity index (χ1n) is 11.4. The maximum Gasteiger partial charge on any atom is 0.408 e. The molecule has 0 saturated heterocycles. The number of nitrogens with one attached hydrogen (secondary N) is 2. The lowest BCUT2D eigenvalue weighted by Gasteiger charge is -2.43. The summed E-state index contributed by atoms with van der Waals surface area (Å²) in [6, 6.07) is 5.01. The average Bonchev–Trinajstić information content (AvgIpc) is 2.73. The number of carbonyl (C=O) groups excluding carboxylic acids is 4. The van der Waals surface area contributed by atoms with Gasteiger partial charge < -0.3 is 25.0 Å². The van der Waals surface area contributed by atoms with Crippen LogP contribution in [-0.2, 0) is 23.9 Å². The number of nitrogens with zero attached hydrogens (tertiary/aromatic N) is 1. The van der Waals surface area contributed by atoms with Gasteiger partial charge in [-0.05, 0) is 64.2 Å². The first kappa shape index (κ1) is 26.9. The number of esters is 1. The van der Waals surface area contributed by atoms with Crippen LogP contribution >= 0.6 is 0 Å². The maximum absolute atomic E-state index is 13.6. The molecule has 34 heavy (non-hydrogen) atoms. The zero-order valence-electron chi connectivity index (χ0n) is 20.6. The Labute approximate surface area is 200 Å². The highest BCUT2D eigenvalue weighted by Crippen LogP contribution is 2.34. The molecule has 0 aromatic heterocycles. The monoisotopic (exact) mass is 473 g/mol. The third-order valence-corrected chi connectivity index (χ3v) is 5.45. The highest BCUT2D eigenvalue weighted by molar-refractivity contribution is 5.93. The van der Waals surface area contributed by atoms with Gasteiger partial charge in [-0.3, -0.25) is 14.4 Å². The van der Waals surface area contributed by atoms with E-state index in [0.29, 0.717) is 5.56 Å². The maximum atomic E-state index is 13.6. The van der Waals surface area contributed by atoms with Crippen LogP contribution in [0.3, 0.4) is 0 Å². The van der Waals surface area contributed by atoms with Crippen molar-refractivity contribution in [2.75, 3.05) is 13.7 Å². The van der Waals surface area contributed by atoms with E-state index in [1.54, 1.807) is 52.0 Å². The molecule has 3 amide bonds. The highest BCUT2D eigenvalue weighted by atomic mass is 16.6. The molecule has 1 aliphatic carbocycles. The first-order chi connectivity index (χ1) is 16.0. The molecule has 2 atom stereocenters. The number of carbonyl (C=O) groups is 4. The van der Waals surface area contributed by atoms with E-state index in [1.165, 1.54) is 12.0 Å². The van der Waals surface area contributed by atoms with E-state index >= 15 is 0 Å². The standard InChI is InChI=1S/C25H35N3O6/c1-7-17-10-8-11-18(14-17)21(22(30)26-15-20(29)33-6)28(19-12-9-13-19)23(31)16(2)27-24(32)34-25(3,4)5/h7-8,10-11,14,16,19,21H,1,9,12-13,15H2,2-6H3,(H,26,30)(H,27,32). The molecular formula is C25H35N3O6. The van der Waals surface area contributed by atoms with E-state index in [0.717, 1.165) is 24.8 Å². The molecule has 0 radical (unpaired) electrons.